The van der Waals surface area contributed by atoms with E-state index in [9.17, 15) is 4.79 Å². The van der Waals surface area contributed by atoms with Crippen molar-refractivity contribution in [1.29, 1.82) is 0 Å². The first-order valence-electron chi connectivity index (χ1n) is 8.17. The summed E-state index contributed by atoms with van der Waals surface area (Å²) in [6.45, 7) is 8.77. The molecule has 1 aromatic rings. The number of hydrogen-bond donors (Lipinski definition) is 2. The van der Waals surface area contributed by atoms with Crippen molar-refractivity contribution in [3.8, 4) is 0 Å². The fourth-order valence-electron chi connectivity index (χ4n) is 2.97. The van der Waals surface area contributed by atoms with Gasteiger partial charge in [-0.2, -0.15) is 0 Å². The predicted molar refractivity (Wildman–Crippen MR) is 98.0 cm³/mol. The molecule has 0 bridgehead atoms. The van der Waals surface area contributed by atoms with Crippen LogP contribution in [0.15, 0.2) is 41.8 Å². The Morgan fingerprint density at radius 1 is 1.43 bits per heavy atom. The van der Waals surface area contributed by atoms with Crippen LogP contribution in [-0.2, 0) is 0 Å². The van der Waals surface area contributed by atoms with Gasteiger partial charge in [-0.3, -0.25) is 4.90 Å². The lowest BCUT2D eigenvalue weighted by Crippen LogP contribution is -2.48. The van der Waals surface area contributed by atoms with Crippen molar-refractivity contribution in [2.45, 2.75) is 36.7 Å². The number of benzene rings is 1. The second-order valence-electron chi connectivity index (χ2n) is 5.94. The summed E-state index contributed by atoms with van der Waals surface area (Å²) in [4.78, 5) is 15.8. The molecule has 1 heterocycles. The van der Waals surface area contributed by atoms with Gasteiger partial charge in [0.25, 0.3) is 0 Å². The molecule has 0 unspecified atom stereocenters. The smallest absolute Gasteiger partial charge is 0.315 e. The minimum absolute atomic E-state index is 0.000459. The van der Waals surface area contributed by atoms with Crippen LogP contribution in [-0.4, -0.2) is 42.9 Å². The van der Waals surface area contributed by atoms with Crippen LogP contribution in [0.3, 0.4) is 0 Å². The first-order chi connectivity index (χ1) is 11.1. The molecular weight excluding hydrogens is 306 g/mol. The third-order valence-corrected chi connectivity index (χ3v) is 5.07. The number of rotatable bonds is 6. The number of likely N-dealkylation sites (tertiary alicyclic amines) is 1. The molecule has 0 aliphatic carbocycles. The van der Waals surface area contributed by atoms with Crippen molar-refractivity contribution in [2.24, 2.45) is 0 Å². The Morgan fingerprint density at radius 3 is 2.78 bits per heavy atom. The largest absolute Gasteiger partial charge is 0.335 e. The standard InChI is InChI=1S/C18H27N3OS/c1-4-11-21-12-9-15(10-13-21)20-18(22)19-14(2)16-7-5-6-8-17(16)23-3/h4-8,14-15H,1,9-13H2,2-3H3,(H2,19,20,22)/t14-/m1/s1. The van der Waals surface area contributed by atoms with E-state index in [1.807, 2.05) is 25.1 Å². The minimum atomic E-state index is -0.0735. The maximum absolute atomic E-state index is 12.2. The minimum Gasteiger partial charge on any atom is -0.335 e. The number of thioether (sulfide) groups is 1. The van der Waals surface area contributed by atoms with E-state index in [1.54, 1.807) is 11.8 Å². The van der Waals surface area contributed by atoms with Crippen LogP contribution in [0.4, 0.5) is 4.79 Å². The van der Waals surface area contributed by atoms with Gasteiger partial charge < -0.3 is 10.6 Å². The van der Waals surface area contributed by atoms with Gasteiger partial charge in [0.05, 0.1) is 6.04 Å². The van der Waals surface area contributed by atoms with Crippen LogP contribution >= 0.6 is 11.8 Å². The predicted octanol–water partition coefficient (Wildman–Crippen LogP) is 3.42. The third-order valence-electron chi connectivity index (χ3n) is 4.26. The molecule has 1 aliphatic rings. The quantitative estimate of drug-likeness (QED) is 0.619. The molecule has 23 heavy (non-hydrogen) atoms. The summed E-state index contributed by atoms with van der Waals surface area (Å²) in [6, 6.07) is 8.39. The molecule has 1 saturated heterocycles. The van der Waals surface area contributed by atoms with Crippen molar-refractivity contribution < 1.29 is 4.79 Å². The topological polar surface area (TPSA) is 44.4 Å². The molecule has 4 nitrogen and oxygen atoms in total. The fraction of sp³-hybridized carbons (Fsp3) is 0.500. The van der Waals surface area contributed by atoms with Crippen molar-refractivity contribution in [3.63, 3.8) is 0 Å². The van der Waals surface area contributed by atoms with Gasteiger partial charge in [-0.1, -0.05) is 24.3 Å². The molecule has 2 N–H and O–H groups in total. The first kappa shape index (κ1) is 17.9. The average Bonchev–Trinajstić information content (AvgIpc) is 2.56. The van der Waals surface area contributed by atoms with Gasteiger partial charge in [0.1, 0.15) is 0 Å². The zero-order valence-corrected chi connectivity index (χ0v) is 14.9. The van der Waals surface area contributed by atoms with E-state index in [0.29, 0.717) is 0 Å². The molecule has 126 valence electrons. The summed E-state index contributed by atoms with van der Waals surface area (Å²) in [5, 5.41) is 6.17. The number of nitrogens with one attached hydrogen (secondary N) is 2. The number of nitrogens with zero attached hydrogens (tertiary/aromatic N) is 1. The van der Waals surface area contributed by atoms with E-state index in [2.05, 4.69) is 40.5 Å². The molecule has 1 aromatic carbocycles. The highest BCUT2D eigenvalue weighted by molar-refractivity contribution is 7.98. The molecule has 0 aromatic heterocycles. The molecule has 0 spiro atoms. The van der Waals surface area contributed by atoms with E-state index in [1.165, 1.54) is 4.90 Å². The highest BCUT2D eigenvalue weighted by Gasteiger charge is 2.21. The molecule has 1 atom stereocenters. The molecule has 2 amide bonds. The second kappa shape index (κ2) is 8.99. The summed E-state index contributed by atoms with van der Waals surface area (Å²) in [5.41, 5.74) is 1.16. The van der Waals surface area contributed by atoms with Crippen LogP contribution in [0.2, 0.25) is 0 Å². The molecule has 0 saturated carbocycles. The Balaban J connectivity index is 1.82. The van der Waals surface area contributed by atoms with E-state index < -0.39 is 0 Å². The second-order valence-corrected chi connectivity index (χ2v) is 6.79. The number of amides is 2. The van der Waals surface area contributed by atoms with Crippen molar-refractivity contribution in [2.75, 3.05) is 25.9 Å². The number of hydrogen-bond acceptors (Lipinski definition) is 3. The van der Waals surface area contributed by atoms with Gasteiger partial charge in [0.2, 0.25) is 0 Å². The van der Waals surface area contributed by atoms with E-state index >= 15 is 0 Å². The maximum atomic E-state index is 12.2. The Bertz CT molecular complexity index is 527. The summed E-state index contributed by atoms with van der Waals surface area (Å²) >= 11 is 1.71. The summed E-state index contributed by atoms with van der Waals surface area (Å²) in [5.74, 6) is 0. The molecule has 0 radical (unpaired) electrons. The molecule has 5 heteroatoms. The summed E-state index contributed by atoms with van der Waals surface area (Å²) in [7, 11) is 0. The van der Waals surface area contributed by atoms with Crippen molar-refractivity contribution >= 4 is 17.8 Å². The van der Waals surface area contributed by atoms with Gasteiger partial charge in [0.15, 0.2) is 0 Å². The van der Waals surface area contributed by atoms with Crippen LogP contribution in [0.1, 0.15) is 31.4 Å². The lowest BCUT2D eigenvalue weighted by atomic mass is 10.1. The van der Waals surface area contributed by atoms with E-state index in [4.69, 9.17) is 0 Å². The van der Waals surface area contributed by atoms with Crippen molar-refractivity contribution in [3.05, 3.63) is 42.5 Å². The van der Waals surface area contributed by atoms with Gasteiger partial charge in [-0.25, -0.2) is 4.79 Å². The average molecular weight is 334 g/mol. The SMILES string of the molecule is C=CCN1CCC(NC(=O)N[C@H](C)c2ccccc2SC)CC1. The Hall–Kier alpha value is -1.46. The van der Waals surface area contributed by atoms with Crippen LogP contribution < -0.4 is 10.6 Å². The normalized spacial score (nSPS) is 17.5. The molecular formula is C18H27N3OS. The number of urea groups is 1. The number of piperidine rings is 1. The highest BCUT2D eigenvalue weighted by atomic mass is 32.2. The fourth-order valence-corrected chi connectivity index (χ4v) is 3.66. The van der Waals surface area contributed by atoms with E-state index in [-0.39, 0.29) is 18.1 Å². The Morgan fingerprint density at radius 2 is 2.13 bits per heavy atom. The lowest BCUT2D eigenvalue weighted by molar-refractivity contribution is 0.202. The zero-order chi connectivity index (χ0) is 16.7. The van der Waals surface area contributed by atoms with Crippen LogP contribution in [0, 0.1) is 0 Å². The van der Waals surface area contributed by atoms with Crippen molar-refractivity contribution in [1.82, 2.24) is 15.5 Å². The van der Waals surface area contributed by atoms with Gasteiger partial charge in [-0.15, -0.1) is 18.3 Å². The van der Waals surface area contributed by atoms with Gasteiger partial charge in [-0.05, 0) is 37.7 Å². The summed E-state index contributed by atoms with van der Waals surface area (Å²) in [6.07, 6.45) is 5.99. The zero-order valence-electron chi connectivity index (χ0n) is 14.0. The summed E-state index contributed by atoms with van der Waals surface area (Å²) < 4.78 is 0. The number of carbonyl (C=O) groups is 1. The van der Waals surface area contributed by atoms with Crippen LogP contribution in [0.25, 0.3) is 0 Å². The first-order valence-corrected chi connectivity index (χ1v) is 9.39. The molecule has 1 aliphatic heterocycles. The Kier molecular flexibility index (Phi) is 6.99. The lowest BCUT2D eigenvalue weighted by Gasteiger charge is -2.31. The molecule has 2 rings (SSSR count). The monoisotopic (exact) mass is 333 g/mol. The highest BCUT2D eigenvalue weighted by Crippen LogP contribution is 2.25. The van der Waals surface area contributed by atoms with Gasteiger partial charge >= 0.3 is 6.03 Å². The Labute approximate surface area is 143 Å². The third kappa shape index (κ3) is 5.29. The van der Waals surface area contributed by atoms with Crippen LogP contribution in [0.5, 0.6) is 0 Å². The van der Waals surface area contributed by atoms with Gasteiger partial charge in [0, 0.05) is 30.6 Å². The molecule has 1 fully saturated rings. The number of carbonyl (C=O) groups excluding carboxylic acids is 1. The maximum Gasteiger partial charge on any atom is 0.315 e. The van der Waals surface area contributed by atoms with E-state index in [0.717, 1.165) is 38.0 Å².